The van der Waals surface area contributed by atoms with Gasteiger partial charge in [0.15, 0.2) is 0 Å². The van der Waals surface area contributed by atoms with E-state index in [0.717, 1.165) is 0 Å². The molecule has 0 aliphatic rings. The van der Waals surface area contributed by atoms with Crippen molar-refractivity contribution in [3.05, 3.63) is 48.2 Å². The number of nitrogens with one attached hydrogen (secondary N) is 2. The maximum absolute atomic E-state index is 12.2. The molecule has 0 aliphatic heterocycles. The van der Waals surface area contributed by atoms with Crippen LogP contribution in [0.3, 0.4) is 0 Å². The van der Waals surface area contributed by atoms with Gasteiger partial charge in [0.25, 0.3) is 0 Å². The van der Waals surface area contributed by atoms with Crippen molar-refractivity contribution in [2.75, 3.05) is 25.3 Å². The number of thioether (sulfide) groups is 1. The average Bonchev–Trinajstić information content (AvgIpc) is 3.36. The number of H-pyrrole nitrogens is 1. The molecular formula is C18H18N4O4S. The highest BCUT2D eigenvalue weighted by molar-refractivity contribution is 7.99. The van der Waals surface area contributed by atoms with Gasteiger partial charge in [0.05, 0.1) is 31.9 Å². The molecule has 2 aromatic heterocycles. The van der Waals surface area contributed by atoms with Gasteiger partial charge in [-0.25, -0.2) is 4.98 Å². The first-order chi connectivity index (χ1) is 13.2. The van der Waals surface area contributed by atoms with E-state index in [-0.39, 0.29) is 11.7 Å². The summed E-state index contributed by atoms with van der Waals surface area (Å²) >= 11 is 1.22. The van der Waals surface area contributed by atoms with Crippen LogP contribution in [0.4, 0.5) is 5.69 Å². The van der Waals surface area contributed by atoms with Crippen LogP contribution in [0, 0.1) is 0 Å². The molecule has 1 amide bonds. The molecule has 3 rings (SSSR count). The molecule has 0 saturated heterocycles. The molecule has 0 radical (unpaired) electrons. The van der Waals surface area contributed by atoms with Crippen LogP contribution < -0.4 is 14.8 Å². The number of nitrogens with zero attached hydrogens (tertiary/aromatic N) is 2. The van der Waals surface area contributed by atoms with Gasteiger partial charge in [0, 0.05) is 6.07 Å². The van der Waals surface area contributed by atoms with Gasteiger partial charge < -0.3 is 19.2 Å². The zero-order chi connectivity index (χ0) is 19.1. The molecule has 8 nitrogen and oxygen atoms in total. The quantitative estimate of drug-likeness (QED) is 0.573. The Hall–Kier alpha value is -3.20. The lowest BCUT2D eigenvalue weighted by Crippen LogP contribution is -2.14. The minimum atomic E-state index is -0.194. The molecule has 0 saturated carbocycles. The minimum Gasteiger partial charge on any atom is -0.497 e. The molecule has 2 N–H and O–H groups in total. The van der Waals surface area contributed by atoms with Gasteiger partial charge in [-0.3, -0.25) is 9.89 Å². The molecule has 0 unspecified atom stereocenters. The van der Waals surface area contributed by atoms with Crippen molar-refractivity contribution in [3.8, 4) is 11.5 Å². The summed E-state index contributed by atoms with van der Waals surface area (Å²) in [6.07, 6.45) is 5.12. The van der Waals surface area contributed by atoms with Gasteiger partial charge in [0.1, 0.15) is 23.1 Å². The highest BCUT2D eigenvalue weighted by Crippen LogP contribution is 2.29. The predicted octanol–water partition coefficient (Wildman–Crippen LogP) is 3.32. The Morgan fingerprint density at radius 1 is 1.30 bits per heavy atom. The Bertz CT molecular complexity index is 921. The van der Waals surface area contributed by atoms with Crippen molar-refractivity contribution in [2.24, 2.45) is 0 Å². The smallest absolute Gasteiger partial charge is 0.234 e. The topological polar surface area (TPSA) is 102 Å². The number of amides is 1. The van der Waals surface area contributed by atoms with Crippen LogP contribution in [-0.4, -0.2) is 41.1 Å². The maximum Gasteiger partial charge on any atom is 0.234 e. The Morgan fingerprint density at radius 2 is 2.19 bits per heavy atom. The van der Waals surface area contributed by atoms with E-state index in [2.05, 4.69) is 20.5 Å². The number of furan rings is 1. The van der Waals surface area contributed by atoms with Crippen LogP contribution in [-0.2, 0) is 4.79 Å². The number of carbonyl (C=O) groups is 1. The third-order valence-corrected chi connectivity index (χ3v) is 4.29. The highest BCUT2D eigenvalue weighted by Gasteiger charge is 2.11. The van der Waals surface area contributed by atoms with Crippen molar-refractivity contribution in [1.29, 1.82) is 0 Å². The Morgan fingerprint density at radius 3 is 2.93 bits per heavy atom. The lowest BCUT2D eigenvalue weighted by Gasteiger charge is -2.11. The van der Waals surface area contributed by atoms with E-state index in [9.17, 15) is 4.79 Å². The molecule has 9 heteroatoms. The van der Waals surface area contributed by atoms with Gasteiger partial charge in [-0.05, 0) is 36.4 Å². The van der Waals surface area contributed by atoms with E-state index in [1.54, 1.807) is 49.8 Å². The normalized spacial score (nSPS) is 10.9. The summed E-state index contributed by atoms with van der Waals surface area (Å²) in [5, 5.41) is 10.2. The molecule has 27 heavy (non-hydrogen) atoms. The van der Waals surface area contributed by atoms with Crippen molar-refractivity contribution >= 4 is 35.5 Å². The predicted molar refractivity (Wildman–Crippen MR) is 103 cm³/mol. The van der Waals surface area contributed by atoms with Crippen LogP contribution in [0.5, 0.6) is 11.5 Å². The fraction of sp³-hybridized carbons (Fsp3) is 0.167. The van der Waals surface area contributed by atoms with Gasteiger partial charge >= 0.3 is 0 Å². The number of aromatic amines is 1. The molecule has 2 heterocycles. The number of aromatic nitrogens is 3. The minimum absolute atomic E-state index is 0.161. The molecule has 140 valence electrons. The molecule has 1 aromatic carbocycles. The average molecular weight is 386 g/mol. The number of rotatable bonds is 8. The van der Waals surface area contributed by atoms with E-state index in [1.807, 2.05) is 6.07 Å². The molecule has 0 atom stereocenters. The van der Waals surface area contributed by atoms with Crippen LogP contribution in [0.25, 0.3) is 12.2 Å². The SMILES string of the molecule is COc1ccc(NC(=O)CSc2n[nH]c(/C=C/c3ccco3)n2)c(OC)c1. The highest BCUT2D eigenvalue weighted by atomic mass is 32.2. The van der Waals surface area contributed by atoms with Crippen LogP contribution in [0.15, 0.2) is 46.2 Å². The van der Waals surface area contributed by atoms with Crippen LogP contribution in [0.2, 0.25) is 0 Å². The first-order valence-electron chi connectivity index (χ1n) is 7.96. The first kappa shape index (κ1) is 18.6. The Labute approximate surface area is 160 Å². The molecule has 0 spiro atoms. The van der Waals surface area contributed by atoms with Gasteiger partial charge in [-0.1, -0.05) is 11.8 Å². The number of hydrogen-bond acceptors (Lipinski definition) is 7. The van der Waals surface area contributed by atoms with Gasteiger partial charge in [-0.2, -0.15) is 0 Å². The van der Waals surface area contributed by atoms with Crippen molar-refractivity contribution in [2.45, 2.75) is 5.16 Å². The number of ether oxygens (including phenoxy) is 2. The molecule has 0 fully saturated rings. The Kier molecular flexibility index (Phi) is 6.16. The maximum atomic E-state index is 12.2. The third kappa shape index (κ3) is 5.14. The lowest BCUT2D eigenvalue weighted by atomic mass is 10.2. The molecule has 0 bridgehead atoms. The van der Waals surface area contributed by atoms with E-state index in [1.165, 1.54) is 18.9 Å². The summed E-state index contributed by atoms with van der Waals surface area (Å²) in [4.78, 5) is 16.5. The molecule has 3 aromatic rings. The fourth-order valence-corrected chi connectivity index (χ4v) is 2.77. The summed E-state index contributed by atoms with van der Waals surface area (Å²) in [5.74, 6) is 2.43. The second-order valence-electron chi connectivity index (χ2n) is 5.26. The second kappa shape index (κ2) is 8.95. The number of hydrogen-bond donors (Lipinski definition) is 2. The molecule has 0 aliphatic carbocycles. The van der Waals surface area contributed by atoms with Crippen molar-refractivity contribution in [3.63, 3.8) is 0 Å². The second-order valence-corrected chi connectivity index (χ2v) is 6.20. The number of methoxy groups -OCH3 is 2. The third-order valence-electron chi connectivity index (χ3n) is 3.45. The first-order valence-corrected chi connectivity index (χ1v) is 8.95. The van der Waals surface area contributed by atoms with Crippen molar-refractivity contribution in [1.82, 2.24) is 15.2 Å². The van der Waals surface area contributed by atoms with E-state index in [0.29, 0.717) is 33.9 Å². The standard InChI is InChI=1S/C18H18N4O4S/c1-24-13-5-7-14(15(10-13)25-2)19-17(23)11-27-18-20-16(21-22-18)8-6-12-4-3-9-26-12/h3-10H,11H2,1-2H3,(H,19,23)(H,20,21,22)/b8-6+. The van der Waals surface area contributed by atoms with Gasteiger partial charge in [0.2, 0.25) is 11.1 Å². The number of benzene rings is 1. The van der Waals surface area contributed by atoms with Gasteiger partial charge in [-0.15, -0.1) is 5.10 Å². The fourth-order valence-electron chi connectivity index (χ4n) is 2.16. The summed E-state index contributed by atoms with van der Waals surface area (Å²) in [6.45, 7) is 0. The number of anilines is 1. The van der Waals surface area contributed by atoms with E-state index < -0.39 is 0 Å². The van der Waals surface area contributed by atoms with E-state index in [4.69, 9.17) is 13.9 Å². The monoisotopic (exact) mass is 386 g/mol. The van der Waals surface area contributed by atoms with Crippen LogP contribution >= 0.6 is 11.8 Å². The summed E-state index contributed by atoms with van der Waals surface area (Å²) in [7, 11) is 3.10. The summed E-state index contributed by atoms with van der Waals surface area (Å²) in [5.41, 5.74) is 0.570. The zero-order valence-electron chi connectivity index (χ0n) is 14.8. The lowest BCUT2D eigenvalue weighted by molar-refractivity contribution is -0.113. The number of carbonyl (C=O) groups excluding carboxylic acids is 1. The molecular weight excluding hydrogens is 368 g/mol. The van der Waals surface area contributed by atoms with E-state index >= 15 is 0 Å². The van der Waals surface area contributed by atoms with Crippen LogP contribution in [0.1, 0.15) is 11.6 Å². The largest absolute Gasteiger partial charge is 0.497 e. The summed E-state index contributed by atoms with van der Waals surface area (Å²) < 4.78 is 15.6. The summed E-state index contributed by atoms with van der Waals surface area (Å²) in [6, 6.07) is 8.82. The Balaban J connectivity index is 1.54. The zero-order valence-corrected chi connectivity index (χ0v) is 15.6. The van der Waals surface area contributed by atoms with Crippen molar-refractivity contribution < 1.29 is 18.7 Å².